The molecule has 0 saturated carbocycles. The summed E-state index contributed by atoms with van der Waals surface area (Å²) in [5, 5.41) is 18.3. The van der Waals surface area contributed by atoms with Gasteiger partial charge in [-0.2, -0.15) is 5.10 Å². The summed E-state index contributed by atoms with van der Waals surface area (Å²) in [6.07, 6.45) is 1.18. The fourth-order valence-electron chi connectivity index (χ4n) is 3.28. The Morgan fingerprint density at radius 2 is 2.11 bits per heavy atom. The van der Waals surface area contributed by atoms with Crippen LogP contribution in [0.1, 0.15) is 52.7 Å². The zero-order valence-electron chi connectivity index (χ0n) is 17.4. The van der Waals surface area contributed by atoms with E-state index in [0.717, 1.165) is 16.7 Å². The van der Waals surface area contributed by atoms with Gasteiger partial charge in [0.2, 0.25) is 5.95 Å². The lowest BCUT2D eigenvalue weighted by atomic mass is 10.0. The van der Waals surface area contributed by atoms with Gasteiger partial charge in [0, 0.05) is 13.6 Å². The van der Waals surface area contributed by atoms with Crippen LogP contribution in [0.2, 0.25) is 0 Å². The SMILES string of the molecule is CC(C)c1nn(C)c2cnc(N[C@@H]3CCN(C(=O)OC(C)(C)C)C[C@H]3O)nc12. The first-order chi connectivity index (χ1) is 13.0. The van der Waals surface area contributed by atoms with Gasteiger partial charge in [0.05, 0.1) is 30.6 Å². The number of aryl methyl sites for hydroxylation is 1. The molecular formula is C19H30N6O3. The number of hydrogen-bond acceptors (Lipinski definition) is 7. The summed E-state index contributed by atoms with van der Waals surface area (Å²) >= 11 is 0. The molecule has 3 heterocycles. The van der Waals surface area contributed by atoms with Crippen LogP contribution in [0.15, 0.2) is 6.20 Å². The monoisotopic (exact) mass is 390 g/mol. The van der Waals surface area contributed by atoms with Crippen LogP contribution in [0, 0.1) is 0 Å². The van der Waals surface area contributed by atoms with Crippen molar-refractivity contribution in [3.8, 4) is 0 Å². The second-order valence-electron chi connectivity index (χ2n) is 8.62. The lowest BCUT2D eigenvalue weighted by Gasteiger charge is -2.36. The highest BCUT2D eigenvalue weighted by atomic mass is 16.6. The Morgan fingerprint density at radius 3 is 2.71 bits per heavy atom. The average Bonchev–Trinajstić information content (AvgIpc) is 2.92. The standard InChI is InChI=1S/C19H30N6O3/c1-11(2)15-16-13(24(6)23-15)9-20-17(22-16)21-12-7-8-25(10-14(12)26)18(27)28-19(3,4)5/h9,11-12,14,26H,7-8,10H2,1-6H3,(H,20,21,22)/t12-,14-/m1/s1. The van der Waals surface area contributed by atoms with E-state index in [1.54, 1.807) is 10.9 Å². The van der Waals surface area contributed by atoms with Crippen molar-refractivity contribution in [2.24, 2.45) is 7.05 Å². The van der Waals surface area contributed by atoms with Crippen LogP contribution >= 0.6 is 0 Å². The van der Waals surface area contributed by atoms with Gasteiger partial charge in [-0.05, 0) is 33.1 Å². The summed E-state index contributed by atoms with van der Waals surface area (Å²) in [6.45, 7) is 10.3. The fourth-order valence-corrected chi connectivity index (χ4v) is 3.28. The second-order valence-corrected chi connectivity index (χ2v) is 8.62. The maximum Gasteiger partial charge on any atom is 0.410 e. The van der Waals surface area contributed by atoms with E-state index < -0.39 is 17.8 Å². The van der Waals surface area contributed by atoms with Gasteiger partial charge in [-0.15, -0.1) is 0 Å². The molecule has 9 heteroatoms. The first-order valence-electron chi connectivity index (χ1n) is 9.67. The molecule has 0 aliphatic carbocycles. The van der Waals surface area contributed by atoms with Crippen molar-refractivity contribution in [1.82, 2.24) is 24.6 Å². The van der Waals surface area contributed by atoms with Crippen molar-refractivity contribution in [1.29, 1.82) is 0 Å². The second kappa shape index (κ2) is 7.54. The van der Waals surface area contributed by atoms with Crippen molar-refractivity contribution in [3.63, 3.8) is 0 Å². The smallest absolute Gasteiger partial charge is 0.410 e. The largest absolute Gasteiger partial charge is 0.444 e. The maximum atomic E-state index is 12.2. The number of aliphatic hydroxyl groups is 1. The van der Waals surface area contributed by atoms with E-state index in [9.17, 15) is 9.90 Å². The van der Waals surface area contributed by atoms with Gasteiger partial charge in [-0.25, -0.2) is 14.8 Å². The van der Waals surface area contributed by atoms with Crippen LogP contribution in [0.3, 0.4) is 0 Å². The fraction of sp³-hybridized carbons (Fsp3) is 0.684. The minimum absolute atomic E-state index is 0.207. The molecule has 154 valence electrons. The number of ether oxygens (including phenoxy) is 1. The molecule has 0 radical (unpaired) electrons. The summed E-state index contributed by atoms with van der Waals surface area (Å²) in [5.41, 5.74) is 2.05. The third kappa shape index (κ3) is 4.35. The van der Waals surface area contributed by atoms with Crippen LogP contribution in [-0.2, 0) is 11.8 Å². The van der Waals surface area contributed by atoms with E-state index in [1.165, 1.54) is 4.90 Å². The van der Waals surface area contributed by atoms with Crippen molar-refractivity contribution in [3.05, 3.63) is 11.9 Å². The van der Waals surface area contributed by atoms with Crippen LogP contribution in [0.4, 0.5) is 10.7 Å². The Hall–Kier alpha value is -2.42. The third-order valence-corrected chi connectivity index (χ3v) is 4.71. The number of amides is 1. The van der Waals surface area contributed by atoms with E-state index in [-0.39, 0.29) is 18.5 Å². The topological polar surface area (TPSA) is 105 Å². The zero-order chi connectivity index (χ0) is 20.6. The lowest BCUT2D eigenvalue weighted by Crippen LogP contribution is -2.52. The number of β-amino-alcohol motifs (C(OH)–C–C–N with tert-alkyl or cyclic N) is 1. The zero-order valence-corrected chi connectivity index (χ0v) is 17.4. The number of piperidine rings is 1. The molecule has 1 saturated heterocycles. The van der Waals surface area contributed by atoms with Gasteiger partial charge in [0.25, 0.3) is 0 Å². The molecular weight excluding hydrogens is 360 g/mol. The number of carbonyl (C=O) groups is 1. The number of fused-ring (bicyclic) bond motifs is 1. The quantitative estimate of drug-likeness (QED) is 0.828. The van der Waals surface area contributed by atoms with E-state index in [2.05, 4.69) is 34.2 Å². The molecule has 0 bridgehead atoms. The number of rotatable bonds is 3. The number of anilines is 1. The summed E-state index contributed by atoms with van der Waals surface area (Å²) in [5.74, 6) is 0.700. The first kappa shape index (κ1) is 20.3. The summed E-state index contributed by atoms with van der Waals surface area (Å²) in [4.78, 5) is 22.7. The number of hydrogen-bond donors (Lipinski definition) is 2. The molecule has 1 aliphatic rings. The predicted octanol–water partition coefficient (Wildman–Crippen LogP) is 2.27. The molecule has 0 unspecified atom stereocenters. The minimum atomic E-state index is -0.737. The molecule has 28 heavy (non-hydrogen) atoms. The molecule has 0 aromatic carbocycles. The summed E-state index contributed by atoms with van der Waals surface area (Å²) < 4.78 is 7.17. The van der Waals surface area contributed by atoms with Crippen LogP contribution in [0.5, 0.6) is 0 Å². The van der Waals surface area contributed by atoms with E-state index >= 15 is 0 Å². The average molecular weight is 390 g/mol. The van der Waals surface area contributed by atoms with Crippen molar-refractivity contribution in [2.75, 3.05) is 18.4 Å². The number of aliphatic hydroxyl groups excluding tert-OH is 1. The van der Waals surface area contributed by atoms with Gasteiger partial charge in [-0.3, -0.25) is 4.68 Å². The highest BCUT2D eigenvalue weighted by Crippen LogP contribution is 2.24. The normalized spacial score (nSPS) is 20.6. The Kier molecular flexibility index (Phi) is 5.47. The van der Waals surface area contributed by atoms with Crippen LogP contribution in [0.25, 0.3) is 11.0 Å². The molecule has 2 N–H and O–H groups in total. The molecule has 2 aromatic heterocycles. The Morgan fingerprint density at radius 1 is 1.39 bits per heavy atom. The minimum Gasteiger partial charge on any atom is -0.444 e. The first-order valence-corrected chi connectivity index (χ1v) is 9.67. The van der Waals surface area contributed by atoms with E-state index in [4.69, 9.17) is 4.74 Å². The van der Waals surface area contributed by atoms with E-state index in [1.807, 2.05) is 27.8 Å². The molecule has 1 aliphatic heterocycles. The predicted molar refractivity (Wildman–Crippen MR) is 106 cm³/mol. The van der Waals surface area contributed by atoms with Crippen LogP contribution < -0.4 is 5.32 Å². The van der Waals surface area contributed by atoms with Gasteiger partial charge < -0.3 is 20.1 Å². The highest BCUT2D eigenvalue weighted by Gasteiger charge is 2.33. The molecule has 2 aromatic rings. The Balaban J connectivity index is 1.69. The molecule has 9 nitrogen and oxygen atoms in total. The van der Waals surface area contributed by atoms with Crippen LogP contribution in [-0.4, -0.2) is 66.7 Å². The number of likely N-dealkylation sites (tertiary alicyclic amines) is 1. The number of carbonyl (C=O) groups excluding carboxylic acids is 1. The maximum absolute atomic E-state index is 12.2. The molecule has 3 rings (SSSR count). The lowest BCUT2D eigenvalue weighted by molar-refractivity contribution is 0.00114. The van der Waals surface area contributed by atoms with Gasteiger partial charge in [-0.1, -0.05) is 13.8 Å². The molecule has 1 amide bonds. The number of nitrogens with one attached hydrogen (secondary N) is 1. The number of nitrogens with zero attached hydrogens (tertiary/aromatic N) is 5. The molecule has 0 spiro atoms. The highest BCUT2D eigenvalue weighted by molar-refractivity contribution is 5.78. The summed E-state index contributed by atoms with van der Waals surface area (Å²) in [7, 11) is 1.88. The van der Waals surface area contributed by atoms with Crippen molar-refractivity contribution < 1.29 is 14.6 Å². The van der Waals surface area contributed by atoms with Gasteiger partial charge in [0.15, 0.2) is 0 Å². The number of aromatic nitrogens is 4. The molecule has 1 fully saturated rings. The van der Waals surface area contributed by atoms with E-state index in [0.29, 0.717) is 18.9 Å². The summed E-state index contributed by atoms with van der Waals surface area (Å²) in [6, 6.07) is -0.240. The van der Waals surface area contributed by atoms with Gasteiger partial charge >= 0.3 is 6.09 Å². The van der Waals surface area contributed by atoms with Gasteiger partial charge in [0.1, 0.15) is 16.6 Å². The van der Waals surface area contributed by atoms with Crippen molar-refractivity contribution in [2.45, 2.75) is 64.7 Å². The third-order valence-electron chi connectivity index (χ3n) is 4.71. The molecule has 2 atom stereocenters. The Bertz CT molecular complexity index is 857. The Labute approximate surface area is 165 Å². The van der Waals surface area contributed by atoms with Crippen molar-refractivity contribution >= 4 is 23.1 Å².